The van der Waals surface area contributed by atoms with Crippen LogP contribution in [0.3, 0.4) is 0 Å². The van der Waals surface area contributed by atoms with Gasteiger partial charge in [0.25, 0.3) is 10.1 Å². The fraction of sp³-hybridized carbons (Fsp3) is 0. The Hall–Kier alpha value is -0.630. The van der Waals surface area contributed by atoms with E-state index in [0.29, 0.717) is 10.8 Å². The monoisotopic (exact) mass is 266 g/mol. The number of aromatic hydroxyl groups is 1. The Bertz CT molecular complexity index is 629. The molecule has 2 aromatic rings. The Kier molecular flexibility index (Phi) is 5.60. The largest absolute Gasteiger partial charge is 1.00 e. The van der Waals surface area contributed by atoms with E-state index in [0.717, 1.165) is 0 Å². The normalized spacial score (nSPS) is 10.4. The fourth-order valence-corrected chi connectivity index (χ4v) is 1.89. The third-order valence-electron chi connectivity index (χ3n) is 2.09. The molecule has 0 aliphatic heterocycles. The molecule has 4 N–H and O–H groups in total. The first kappa shape index (κ1) is 16.4. The fourth-order valence-electron chi connectivity index (χ4n) is 1.37. The van der Waals surface area contributed by atoms with Crippen molar-refractivity contribution in [2.24, 2.45) is 0 Å². The van der Waals surface area contributed by atoms with Gasteiger partial charge >= 0.3 is 29.6 Å². The minimum Gasteiger partial charge on any atom is -1.00 e. The van der Waals surface area contributed by atoms with Gasteiger partial charge in [0.05, 0.1) is 4.90 Å². The number of phenols is 1. The summed E-state index contributed by atoms with van der Waals surface area (Å²) in [7, 11) is -4.17. The molecule has 0 spiro atoms. The van der Waals surface area contributed by atoms with Gasteiger partial charge in [0.15, 0.2) is 0 Å². The third kappa shape index (κ3) is 3.67. The number of hydrogen-bond acceptors (Lipinski definition) is 3. The number of benzene rings is 2. The predicted molar refractivity (Wildman–Crippen MR) is 60.2 cm³/mol. The Morgan fingerprint density at radius 3 is 2.12 bits per heavy atom. The molecule has 0 saturated heterocycles. The Balaban J connectivity index is 0. The van der Waals surface area contributed by atoms with Crippen molar-refractivity contribution < 1.29 is 54.5 Å². The van der Waals surface area contributed by atoms with E-state index >= 15 is 0 Å². The summed E-state index contributed by atoms with van der Waals surface area (Å²) < 4.78 is 30.5. The van der Waals surface area contributed by atoms with Crippen molar-refractivity contribution >= 4 is 20.9 Å². The van der Waals surface area contributed by atoms with Crippen molar-refractivity contribution in [3.8, 4) is 5.75 Å². The average molecular weight is 266 g/mol. The predicted octanol–water partition coefficient (Wildman–Crippen LogP) is -1.92. The Labute approximate surface area is 122 Å². The summed E-state index contributed by atoms with van der Waals surface area (Å²) >= 11 is 0. The standard InChI is InChI=1S/C10H8O4S.Na.H2O.H/c11-9-3-1-8-6-10(15(12,13)14)4-2-7(8)5-9;;;/h1-6,11H,(H,12,13,14);;1H2;/q;+1;;-1. The van der Waals surface area contributed by atoms with Gasteiger partial charge in [-0.3, -0.25) is 4.55 Å². The van der Waals surface area contributed by atoms with Gasteiger partial charge in [-0.1, -0.05) is 12.1 Å². The van der Waals surface area contributed by atoms with E-state index < -0.39 is 10.1 Å². The summed E-state index contributed by atoms with van der Waals surface area (Å²) in [5, 5.41) is 10.5. The molecule has 2 rings (SSSR count). The summed E-state index contributed by atoms with van der Waals surface area (Å²) in [5.74, 6) is 0.113. The molecular weight excluding hydrogens is 255 g/mol. The molecule has 2 aromatic carbocycles. The van der Waals surface area contributed by atoms with Crippen LogP contribution in [0.2, 0.25) is 0 Å². The van der Waals surface area contributed by atoms with E-state index in [1.807, 2.05) is 0 Å². The maximum absolute atomic E-state index is 10.8. The van der Waals surface area contributed by atoms with Gasteiger partial charge in [-0.2, -0.15) is 8.42 Å². The van der Waals surface area contributed by atoms with Gasteiger partial charge in [-0.05, 0) is 35.0 Å². The van der Waals surface area contributed by atoms with E-state index in [1.165, 1.54) is 30.3 Å². The molecule has 0 aliphatic rings. The van der Waals surface area contributed by atoms with Crippen LogP contribution < -0.4 is 29.6 Å². The van der Waals surface area contributed by atoms with Gasteiger partial charge in [0, 0.05) is 0 Å². The zero-order valence-electron chi connectivity index (χ0n) is 10.1. The second-order valence-corrected chi connectivity index (χ2v) is 4.59. The van der Waals surface area contributed by atoms with Crippen LogP contribution >= 0.6 is 0 Å². The molecule has 0 bridgehead atoms. The molecule has 17 heavy (non-hydrogen) atoms. The van der Waals surface area contributed by atoms with Gasteiger partial charge in [-0.25, -0.2) is 0 Å². The first-order chi connectivity index (χ1) is 6.97. The number of fused-ring (bicyclic) bond motifs is 1. The van der Waals surface area contributed by atoms with Crippen molar-refractivity contribution in [1.29, 1.82) is 0 Å². The third-order valence-corrected chi connectivity index (χ3v) is 2.94. The SMILES string of the molecule is O.O=S(=O)(O)c1ccc2cc(O)ccc2c1.[H-].[Na+]. The zero-order chi connectivity index (χ0) is 11.1. The molecule has 0 radical (unpaired) electrons. The minimum atomic E-state index is -4.17. The first-order valence-corrected chi connectivity index (χ1v) is 5.61. The molecule has 0 aromatic heterocycles. The number of phenolic OH excluding ortho intramolecular Hbond substituents is 1. The second-order valence-electron chi connectivity index (χ2n) is 3.17. The van der Waals surface area contributed by atoms with Gasteiger partial charge < -0.3 is 12.0 Å². The summed E-state index contributed by atoms with van der Waals surface area (Å²) in [6, 6.07) is 8.72. The van der Waals surface area contributed by atoms with E-state index in [-0.39, 0.29) is 47.1 Å². The van der Waals surface area contributed by atoms with Crippen molar-refractivity contribution in [3.63, 3.8) is 0 Å². The quantitative estimate of drug-likeness (QED) is 0.463. The maximum atomic E-state index is 10.8. The topological polar surface area (TPSA) is 106 Å². The van der Waals surface area contributed by atoms with Crippen LogP contribution in [-0.4, -0.2) is 23.6 Å². The molecule has 88 valence electrons. The van der Waals surface area contributed by atoms with Crippen molar-refractivity contribution in [3.05, 3.63) is 36.4 Å². The van der Waals surface area contributed by atoms with Gasteiger partial charge in [-0.15, -0.1) is 0 Å². The molecular formula is C10H11NaO5S. The summed E-state index contributed by atoms with van der Waals surface area (Å²) in [4.78, 5) is -0.152. The second kappa shape index (κ2) is 5.81. The smallest absolute Gasteiger partial charge is 1.00 e. The van der Waals surface area contributed by atoms with Crippen LogP contribution in [0.15, 0.2) is 41.3 Å². The molecule has 0 unspecified atom stereocenters. The molecule has 0 atom stereocenters. The summed E-state index contributed by atoms with van der Waals surface area (Å²) in [6.45, 7) is 0. The van der Waals surface area contributed by atoms with Crippen molar-refractivity contribution in [1.82, 2.24) is 0 Å². The number of rotatable bonds is 1. The van der Waals surface area contributed by atoms with Crippen LogP contribution in [-0.2, 0) is 10.1 Å². The van der Waals surface area contributed by atoms with Gasteiger partial charge in [0.2, 0.25) is 0 Å². The summed E-state index contributed by atoms with van der Waals surface area (Å²) in [5.41, 5.74) is 0. The molecule has 0 fully saturated rings. The maximum Gasteiger partial charge on any atom is 1.00 e. The molecule has 0 amide bonds. The van der Waals surface area contributed by atoms with Crippen LogP contribution in [0.4, 0.5) is 0 Å². The number of hydrogen-bond donors (Lipinski definition) is 2. The van der Waals surface area contributed by atoms with E-state index in [1.54, 1.807) is 6.07 Å². The average Bonchev–Trinajstić information content (AvgIpc) is 2.15. The molecule has 7 heteroatoms. The zero-order valence-corrected chi connectivity index (χ0v) is 11.9. The van der Waals surface area contributed by atoms with E-state index in [4.69, 9.17) is 4.55 Å². The molecule has 0 saturated carbocycles. The minimum absolute atomic E-state index is 0. The summed E-state index contributed by atoms with van der Waals surface area (Å²) in [6.07, 6.45) is 0. The van der Waals surface area contributed by atoms with Crippen molar-refractivity contribution in [2.45, 2.75) is 4.90 Å². The van der Waals surface area contributed by atoms with E-state index in [2.05, 4.69) is 0 Å². The Morgan fingerprint density at radius 1 is 1.00 bits per heavy atom. The molecule has 0 aliphatic carbocycles. The van der Waals surface area contributed by atoms with Crippen molar-refractivity contribution in [2.75, 3.05) is 0 Å². The van der Waals surface area contributed by atoms with Crippen LogP contribution in [0.5, 0.6) is 5.75 Å². The Morgan fingerprint density at radius 2 is 1.53 bits per heavy atom. The molecule has 5 nitrogen and oxygen atoms in total. The van der Waals surface area contributed by atoms with Gasteiger partial charge in [0.1, 0.15) is 5.75 Å². The molecule has 0 heterocycles. The van der Waals surface area contributed by atoms with E-state index in [9.17, 15) is 13.5 Å². The van der Waals surface area contributed by atoms with Crippen LogP contribution in [0.25, 0.3) is 10.8 Å². The first-order valence-electron chi connectivity index (χ1n) is 4.17. The van der Waals surface area contributed by atoms with Crippen LogP contribution in [0, 0.1) is 0 Å². The van der Waals surface area contributed by atoms with Crippen LogP contribution in [0.1, 0.15) is 1.43 Å².